The van der Waals surface area contributed by atoms with E-state index in [0.717, 1.165) is 43.8 Å². The van der Waals surface area contributed by atoms with Crippen LogP contribution in [0.25, 0.3) is 43.5 Å². The van der Waals surface area contributed by atoms with Crippen molar-refractivity contribution in [2.24, 2.45) is 5.92 Å². The highest BCUT2D eigenvalue weighted by molar-refractivity contribution is 7.17. The molecule has 0 aromatic carbocycles. The number of fused-ring (bicyclic) bond motifs is 2. The number of pyridine rings is 2. The standard InChI is InChI=1S/C23H21N5OS.C2H6/c1-13-2-3-15(6-13)28-11-14(8-27-28)18-9-26-23(24)22-17(18)7-20(29-22)19-12-30-21-10-25-5-4-16(19)21;1-2/h4-5,7-13,15H,2-3,6H2,1H3,(H2,24,26);1-2H3. The Bertz CT molecular complexity index is 1380. The summed E-state index contributed by atoms with van der Waals surface area (Å²) in [6.07, 6.45) is 13.2. The lowest BCUT2D eigenvalue weighted by Gasteiger charge is -2.09. The quantitative estimate of drug-likeness (QED) is 0.325. The molecule has 1 fully saturated rings. The molecule has 5 aromatic rings. The van der Waals surface area contributed by atoms with Gasteiger partial charge in [-0.3, -0.25) is 9.67 Å². The number of rotatable bonds is 3. The van der Waals surface area contributed by atoms with Crippen molar-refractivity contribution in [1.82, 2.24) is 19.7 Å². The molecule has 2 N–H and O–H groups in total. The molecule has 164 valence electrons. The van der Waals surface area contributed by atoms with Crippen LogP contribution in [0.2, 0.25) is 0 Å². The van der Waals surface area contributed by atoms with Crippen molar-refractivity contribution in [2.75, 3.05) is 5.73 Å². The molecule has 0 amide bonds. The number of nitrogens with two attached hydrogens (primary N) is 1. The summed E-state index contributed by atoms with van der Waals surface area (Å²) in [6, 6.07) is 4.57. The normalized spacial score (nSPS) is 18.2. The van der Waals surface area contributed by atoms with Crippen LogP contribution in [0.1, 0.15) is 46.1 Å². The van der Waals surface area contributed by atoms with Gasteiger partial charge in [-0.1, -0.05) is 20.8 Å². The lowest BCUT2D eigenvalue weighted by molar-refractivity contribution is 0.450. The zero-order chi connectivity index (χ0) is 22.2. The van der Waals surface area contributed by atoms with E-state index in [2.05, 4.69) is 44.3 Å². The maximum absolute atomic E-state index is 6.21. The van der Waals surface area contributed by atoms with Crippen LogP contribution in [0, 0.1) is 5.92 Å². The Morgan fingerprint density at radius 3 is 2.81 bits per heavy atom. The lowest BCUT2D eigenvalue weighted by atomic mass is 10.1. The number of hydrogen-bond acceptors (Lipinski definition) is 6. The molecule has 6 nitrogen and oxygen atoms in total. The molecule has 0 bridgehead atoms. The average Bonchev–Trinajstić information content (AvgIpc) is 3.60. The van der Waals surface area contributed by atoms with Crippen molar-refractivity contribution < 1.29 is 4.42 Å². The monoisotopic (exact) mass is 445 g/mol. The Balaban J connectivity index is 0.00000105. The number of nitrogens with zero attached hydrogens (tertiary/aromatic N) is 4. The molecule has 0 radical (unpaired) electrons. The SMILES string of the molecule is CC.CC1CCC(n2cc(-c3cnc(N)c4oc(-c5csc6cnccc56)cc34)cn2)C1. The highest BCUT2D eigenvalue weighted by atomic mass is 32.1. The minimum absolute atomic E-state index is 0.401. The fraction of sp³-hybridized carbons (Fsp3) is 0.320. The zero-order valence-corrected chi connectivity index (χ0v) is 19.4. The van der Waals surface area contributed by atoms with Crippen LogP contribution in [-0.2, 0) is 0 Å². The molecule has 32 heavy (non-hydrogen) atoms. The fourth-order valence-electron chi connectivity index (χ4n) is 4.57. The van der Waals surface area contributed by atoms with Crippen LogP contribution in [-0.4, -0.2) is 19.7 Å². The van der Waals surface area contributed by atoms with Crippen molar-refractivity contribution >= 4 is 38.2 Å². The molecule has 1 aliphatic rings. The number of nitrogen functional groups attached to an aromatic ring is 1. The second-order valence-electron chi connectivity index (χ2n) is 8.21. The fourth-order valence-corrected chi connectivity index (χ4v) is 5.49. The molecule has 5 heterocycles. The smallest absolute Gasteiger partial charge is 0.177 e. The molecule has 7 heteroatoms. The third-order valence-corrected chi connectivity index (χ3v) is 7.12. The van der Waals surface area contributed by atoms with Crippen molar-refractivity contribution in [2.45, 2.75) is 46.1 Å². The van der Waals surface area contributed by atoms with Crippen LogP contribution < -0.4 is 5.73 Å². The van der Waals surface area contributed by atoms with E-state index in [1.54, 1.807) is 17.5 Å². The summed E-state index contributed by atoms with van der Waals surface area (Å²) < 4.78 is 9.45. The molecule has 1 saturated carbocycles. The van der Waals surface area contributed by atoms with Gasteiger partial charge in [0.25, 0.3) is 0 Å². The van der Waals surface area contributed by atoms with Gasteiger partial charge in [0.15, 0.2) is 11.4 Å². The van der Waals surface area contributed by atoms with Crippen LogP contribution >= 0.6 is 11.3 Å². The van der Waals surface area contributed by atoms with Gasteiger partial charge in [-0.15, -0.1) is 11.3 Å². The average molecular weight is 446 g/mol. The van der Waals surface area contributed by atoms with Gasteiger partial charge in [0, 0.05) is 57.6 Å². The van der Waals surface area contributed by atoms with Crippen LogP contribution in [0.3, 0.4) is 0 Å². The van der Waals surface area contributed by atoms with Crippen LogP contribution in [0.4, 0.5) is 5.82 Å². The highest BCUT2D eigenvalue weighted by Gasteiger charge is 2.24. The van der Waals surface area contributed by atoms with E-state index in [9.17, 15) is 0 Å². The molecule has 6 rings (SSSR count). The first-order chi connectivity index (χ1) is 15.7. The minimum Gasteiger partial charge on any atom is -0.452 e. The summed E-state index contributed by atoms with van der Waals surface area (Å²) in [5, 5.41) is 8.85. The van der Waals surface area contributed by atoms with Gasteiger partial charge in [-0.05, 0) is 37.3 Å². The predicted octanol–water partition coefficient (Wildman–Crippen LogP) is 6.94. The van der Waals surface area contributed by atoms with Crippen molar-refractivity contribution in [1.29, 1.82) is 0 Å². The first-order valence-electron chi connectivity index (χ1n) is 11.2. The zero-order valence-electron chi connectivity index (χ0n) is 18.6. The Kier molecular flexibility index (Phi) is 5.43. The lowest BCUT2D eigenvalue weighted by Crippen LogP contribution is -2.05. The number of aromatic nitrogens is 4. The van der Waals surface area contributed by atoms with E-state index in [1.807, 2.05) is 38.5 Å². The number of furan rings is 1. The Hall–Kier alpha value is -3.19. The predicted molar refractivity (Wildman–Crippen MR) is 132 cm³/mol. The molecular formula is C25H27N5OS. The van der Waals surface area contributed by atoms with Gasteiger partial charge >= 0.3 is 0 Å². The third kappa shape index (κ3) is 3.46. The van der Waals surface area contributed by atoms with Crippen molar-refractivity contribution in [3.05, 3.63) is 48.5 Å². The molecule has 0 saturated heterocycles. The van der Waals surface area contributed by atoms with Gasteiger partial charge in [-0.25, -0.2) is 4.98 Å². The van der Waals surface area contributed by atoms with E-state index in [4.69, 9.17) is 10.2 Å². The Labute approximate surface area is 191 Å². The molecule has 2 atom stereocenters. The van der Waals surface area contributed by atoms with E-state index < -0.39 is 0 Å². The summed E-state index contributed by atoms with van der Waals surface area (Å²) in [5.74, 6) is 1.96. The first kappa shape index (κ1) is 20.7. The summed E-state index contributed by atoms with van der Waals surface area (Å²) in [6.45, 7) is 6.31. The van der Waals surface area contributed by atoms with Gasteiger partial charge in [0.1, 0.15) is 5.76 Å². The van der Waals surface area contributed by atoms with Crippen LogP contribution in [0.5, 0.6) is 0 Å². The Morgan fingerprint density at radius 2 is 2.00 bits per heavy atom. The van der Waals surface area contributed by atoms with Crippen molar-refractivity contribution in [3.8, 4) is 22.5 Å². The molecular weight excluding hydrogens is 418 g/mol. The van der Waals surface area contributed by atoms with Gasteiger partial charge in [0.05, 0.1) is 16.9 Å². The third-order valence-electron chi connectivity index (χ3n) is 6.19. The van der Waals surface area contributed by atoms with Gasteiger partial charge in [-0.2, -0.15) is 5.10 Å². The largest absolute Gasteiger partial charge is 0.452 e. The van der Waals surface area contributed by atoms with Crippen molar-refractivity contribution in [3.63, 3.8) is 0 Å². The first-order valence-corrected chi connectivity index (χ1v) is 12.1. The summed E-state index contributed by atoms with van der Waals surface area (Å²) in [4.78, 5) is 8.61. The Morgan fingerprint density at radius 1 is 1.12 bits per heavy atom. The minimum atomic E-state index is 0.401. The second kappa shape index (κ2) is 8.39. The number of anilines is 1. The summed E-state index contributed by atoms with van der Waals surface area (Å²) in [5.41, 5.74) is 9.88. The number of thiophene rings is 1. The summed E-state index contributed by atoms with van der Waals surface area (Å²) >= 11 is 1.66. The maximum atomic E-state index is 6.21. The molecule has 0 spiro atoms. The molecule has 0 aliphatic heterocycles. The number of hydrogen-bond donors (Lipinski definition) is 1. The molecule has 2 unspecified atom stereocenters. The van der Waals surface area contributed by atoms with E-state index in [1.165, 1.54) is 19.3 Å². The molecule has 5 aromatic heterocycles. The summed E-state index contributed by atoms with van der Waals surface area (Å²) in [7, 11) is 0. The van der Waals surface area contributed by atoms with Crippen LogP contribution in [0.15, 0.2) is 52.9 Å². The van der Waals surface area contributed by atoms with Gasteiger partial charge in [0.2, 0.25) is 0 Å². The highest BCUT2D eigenvalue weighted by Crippen LogP contribution is 2.41. The van der Waals surface area contributed by atoms with Gasteiger partial charge < -0.3 is 10.2 Å². The second-order valence-corrected chi connectivity index (χ2v) is 9.12. The van der Waals surface area contributed by atoms with E-state index >= 15 is 0 Å². The maximum Gasteiger partial charge on any atom is 0.177 e. The van der Waals surface area contributed by atoms with E-state index in [0.29, 0.717) is 17.4 Å². The van der Waals surface area contributed by atoms with E-state index in [-0.39, 0.29) is 0 Å². The molecule has 1 aliphatic carbocycles. The topological polar surface area (TPSA) is 82.8 Å².